The second-order valence-corrected chi connectivity index (χ2v) is 6.13. The number of halogens is 2. The largest absolute Gasteiger partial charge is 0.467 e. The maximum Gasteiger partial charge on any atom is 0.189 e. The van der Waals surface area contributed by atoms with Crippen LogP contribution in [0.15, 0.2) is 36.4 Å². The fourth-order valence-corrected chi connectivity index (χ4v) is 3.15. The highest BCUT2D eigenvalue weighted by Crippen LogP contribution is 2.32. The van der Waals surface area contributed by atoms with Crippen molar-refractivity contribution in [1.29, 1.82) is 0 Å². The molecule has 22 heavy (non-hydrogen) atoms. The standard InChI is InChI=1S/C17H17Cl2NO2/c1-11(15-4-2-3-5-16(15)19)20-8-12-6-14(18)7-13-9-21-10-22-17(12)13/h2-7,11,20H,8-10H2,1H3. The van der Waals surface area contributed by atoms with E-state index >= 15 is 0 Å². The molecule has 1 atom stereocenters. The minimum absolute atomic E-state index is 0.128. The van der Waals surface area contributed by atoms with Crippen LogP contribution in [0.2, 0.25) is 10.0 Å². The van der Waals surface area contributed by atoms with Gasteiger partial charge in [0.2, 0.25) is 0 Å². The Morgan fingerprint density at radius 2 is 2.05 bits per heavy atom. The zero-order valence-electron chi connectivity index (χ0n) is 12.2. The van der Waals surface area contributed by atoms with Crippen molar-refractivity contribution in [3.63, 3.8) is 0 Å². The zero-order valence-corrected chi connectivity index (χ0v) is 13.7. The Bertz CT molecular complexity index is 676. The predicted molar refractivity (Wildman–Crippen MR) is 88.4 cm³/mol. The molecule has 1 heterocycles. The van der Waals surface area contributed by atoms with E-state index in [1.54, 1.807) is 0 Å². The molecule has 1 unspecified atom stereocenters. The molecule has 1 aliphatic heterocycles. The van der Waals surface area contributed by atoms with Crippen molar-refractivity contribution in [2.24, 2.45) is 0 Å². The van der Waals surface area contributed by atoms with E-state index in [1.807, 2.05) is 36.4 Å². The highest BCUT2D eigenvalue weighted by atomic mass is 35.5. The van der Waals surface area contributed by atoms with E-state index in [0.717, 1.165) is 27.5 Å². The molecule has 0 radical (unpaired) electrons. The molecule has 1 N–H and O–H groups in total. The van der Waals surface area contributed by atoms with Crippen LogP contribution in [0, 0.1) is 0 Å². The van der Waals surface area contributed by atoms with E-state index in [4.69, 9.17) is 32.7 Å². The van der Waals surface area contributed by atoms with Gasteiger partial charge in [-0.2, -0.15) is 0 Å². The second-order valence-electron chi connectivity index (χ2n) is 5.29. The lowest BCUT2D eigenvalue weighted by molar-refractivity contribution is -0.0171. The maximum absolute atomic E-state index is 6.24. The SMILES string of the molecule is CC(NCc1cc(Cl)cc2c1OCOC2)c1ccccc1Cl. The van der Waals surface area contributed by atoms with E-state index in [-0.39, 0.29) is 12.8 Å². The van der Waals surface area contributed by atoms with Crippen molar-refractivity contribution in [3.05, 3.63) is 63.1 Å². The van der Waals surface area contributed by atoms with Crippen molar-refractivity contribution in [2.75, 3.05) is 6.79 Å². The number of hydrogen-bond acceptors (Lipinski definition) is 3. The first-order chi connectivity index (χ1) is 10.6. The maximum atomic E-state index is 6.24. The molecule has 0 fully saturated rings. The summed E-state index contributed by atoms with van der Waals surface area (Å²) in [6.07, 6.45) is 0. The quantitative estimate of drug-likeness (QED) is 0.876. The molecule has 2 aromatic carbocycles. The first kappa shape index (κ1) is 15.6. The van der Waals surface area contributed by atoms with E-state index in [2.05, 4.69) is 12.2 Å². The summed E-state index contributed by atoms with van der Waals surface area (Å²) in [4.78, 5) is 0. The summed E-state index contributed by atoms with van der Waals surface area (Å²) in [6.45, 7) is 3.54. The van der Waals surface area contributed by atoms with Crippen molar-refractivity contribution in [1.82, 2.24) is 5.32 Å². The third kappa shape index (κ3) is 3.39. The van der Waals surface area contributed by atoms with Gasteiger partial charge in [0.25, 0.3) is 0 Å². The zero-order chi connectivity index (χ0) is 15.5. The average Bonchev–Trinajstić information content (AvgIpc) is 2.52. The fourth-order valence-electron chi connectivity index (χ4n) is 2.59. The lowest BCUT2D eigenvalue weighted by Gasteiger charge is -2.22. The molecule has 0 saturated carbocycles. The van der Waals surface area contributed by atoms with E-state index in [1.165, 1.54) is 0 Å². The molecule has 0 bridgehead atoms. The lowest BCUT2D eigenvalue weighted by atomic mass is 10.1. The Labute approximate surface area is 140 Å². The third-order valence-electron chi connectivity index (χ3n) is 3.72. The lowest BCUT2D eigenvalue weighted by Crippen LogP contribution is -2.20. The van der Waals surface area contributed by atoms with Gasteiger partial charge >= 0.3 is 0 Å². The van der Waals surface area contributed by atoms with Gasteiger partial charge in [-0.25, -0.2) is 0 Å². The average molecular weight is 338 g/mol. The highest BCUT2D eigenvalue weighted by Gasteiger charge is 2.17. The monoisotopic (exact) mass is 337 g/mol. The normalized spacial score (nSPS) is 15.0. The van der Waals surface area contributed by atoms with Crippen LogP contribution in [0.1, 0.15) is 29.7 Å². The summed E-state index contributed by atoms with van der Waals surface area (Å²) in [5.41, 5.74) is 3.09. The third-order valence-corrected chi connectivity index (χ3v) is 4.28. The van der Waals surface area contributed by atoms with Crippen molar-refractivity contribution >= 4 is 23.2 Å². The predicted octanol–water partition coefficient (Wildman–Crippen LogP) is 4.71. The minimum Gasteiger partial charge on any atom is -0.467 e. The highest BCUT2D eigenvalue weighted by molar-refractivity contribution is 6.31. The number of rotatable bonds is 4. The molecule has 116 valence electrons. The summed E-state index contributed by atoms with van der Waals surface area (Å²) in [6, 6.07) is 11.8. The van der Waals surface area contributed by atoms with Gasteiger partial charge in [0.1, 0.15) is 5.75 Å². The van der Waals surface area contributed by atoms with Crippen LogP contribution in [-0.2, 0) is 17.9 Å². The van der Waals surface area contributed by atoms with Crippen LogP contribution in [0.4, 0.5) is 0 Å². The summed E-state index contributed by atoms with van der Waals surface area (Å²) < 4.78 is 10.9. The molecule has 0 aliphatic carbocycles. The van der Waals surface area contributed by atoms with E-state index in [9.17, 15) is 0 Å². The van der Waals surface area contributed by atoms with Gasteiger partial charge in [0.15, 0.2) is 6.79 Å². The van der Waals surface area contributed by atoms with Crippen LogP contribution in [-0.4, -0.2) is 6.79 Å². The van der Waals surface area contributed by atoms with Gasteiger partial charge in [-0.05, 0) is 30.7 Å². The Kier molecular flexibility index (Phi) is 4.89. The molecule has 0 aromatic heterocycles. The summed E-state index contributed by atoms with van der Waals surface area (Å²) in [5.74, 6) is 0.870. The molecule has 5 heteroatoms. The van der Waals surface area contributed by atoms with Gasteiger partial charge in [0.05, 0.1) is 6.61 Å². The first-order valence-electron chi connectivity index (χ1n) is 7.15. The van der Waals surface area contributed by atoms with Gasteiger partial charge in [0, 0.05) is 33.8 Å². The van der Waals surface area contributed by atoms with Crippen LogP contribution in [0.3, 0.4) is 0 Å². The van der Waals surface area contributed by atoms with Crippen molar-refractivity contribution < 1.29 is 9.47 Å². The van der Waals surface area contributed by atoms with Gasteiger partial charge in [-0.3, -0.25) is 0 Å². The molecule has 0 saturated heterocycles. The second kappa shape index (κ2) is 6.88. The van der Waals surface area contributed by atoms with E-state index < -0.39 is 0 Å². The van der Waals surface area contributed by atoms with Gasteiger partial charge in [-0.1, -0.05) is 41.4 Å². The topological polar surface area (TPSA) is 30.5 Å². The van der Waals surface area contributed by atoms with Gasteiger partial charge < -0.3 is 14.8 Å². The molecule has 2 aromatic rings. The number of nitrogens with one attached hydrogen (secondary N) is 1. The van der Waals surface area contributed by atoms with Crippen LogP contribution in [0.25, 0.3) is 0 Å². The minimum atomic E-state index is 0.128. The molecule has 0 spiro atoms. The Morgan fingerprint density at radius 3 is 2.86 bits per heavy atom. The Hall–Kier alpha value is -1.26. The number of fused-ring (bicyclic) bond motifs is 1. The molecule has 3 nitrogen and oxygen atoms in total. The van der Waals surface area contributed by atoms with Crippen molar-refractivity contribution in [3.8, 4) is 5.75 Å². The molecular weight excluding hydrogens is 321 g/mol. The van der Waals surface area contributed by atoms with Crippen molar-refractivity contribution in [2.45, 2.75) is 26.1 Å². The van der Waals surface area contributed by atoms with Gasteiger partial charge in [-0.15, -0.1) is 0 Å². The smallest absolute Gasteiger partial charge is 0.189 e. The Morgan fingerprint density at radius 1 is 1.23 bits per heavy atom. The van der Waals surface area contributed by atoms with E-state index in [0.29, 0.717) is 18.2 Å². The van der Waals surface area contributed by atoms with Crippen LogP contribution < -0.4 is 10.1 Å². The summed E-state index contributed by atoms with van der Waals surface area (Å²) >= 11 is 12.4. The molecule has 3 rings (SSSR count). The number of hydrogen-bond donors (Lipinski definition) is 1. The Balaban J connectivity index is 1.77. The number of benzene rings is 2. The molecule has 0 amide bonds. The number of ether oxygens (including phenoxy) is 2. The summed E-state index contributed by atoms with van der Waals surface area (Å²) in [7, 11) is 0. The molecule has 1 aliphatic rings. The fraction of sp³-hybridized carbons (Fsp3) is 0.294. The van der Waals surface area contributed by atoms with Crippen LogP contribution in [0.5, 0.6) is 5.75 Å². The first-order valence-corrected chi connectivity index (χ1v) is 7.90. The van der Waals surface area contributed by atoms with Crippen LogP contribution >= 0.6 is 23.2 Å². The summed E-state index contributed by atoms with van der Waals surface area (Å²) in [5, 5.41) is 4.92. The molecular formula is C17H17Cl2NO2.